The predicted molar refractivity (Wildman–Crippen MR) is 87.8 cm³/mol. The highest BCUT2D eigenvalue weighted by atomic mass is 79.9. The predicted octanol–water partition coefficient (Wildman–Crippen LogP) is 3.48. The number of carbonyl (C=O) groups excluding carboxylic acids is 1. The average Bonchev–Trinajstić information content (AvgIpc) is 2.47. The molecule has 0 atom stereocenters. The molecule has 1 heterocycles. The topological polar surface area (TPSA) is 59.2 Å². The summed E-state index contributed by atoms with van der Waals surface area (Å²) >= 11 is 3.36. The molecule has 5 heteroatoms. The van der Waals surface area contributed by atoms with Gasteiger partial charge in [-0.05, 0) is 60.1 Å². The van der Waals surface area contributed by atoms with Crippen LogP contribution in [-0.4, -0.2) is 21.8 Å². The monoisotopic (exact) mass is 347 g/mol. The zero-order valence-corrected chi connectivity index (χ0v) is 13.7. The Morgan fingerprint density at radius 3 is 2.67 bits per heavy atom. The summed E-state index contributed by atoms with van der Waals surface area (Å²) in [7, 11) is 0. The van der Waals surface area contributed by atoms with Crippen molar-refractivity contribution in [3.05, 3.63) is 58.3 Å². The van der Waals surface area contributed by atoms with Crippen molar-refractivity contribution in [2.75, 3.05) is 5.73 Å². The maximum absolute atomic E-state index is 12.7. The van der Waals surface area contributed by atoms with Crippen LogP contribution in [0.2, 0.25) is 0 Å². The molecular weight excluding hydrogens is 330 g/mol. The summed E-state index contributed by atoms with van der Waals surface area (Å²) in [6, 6.07) is 11.0. The fraction of sp³-hybridized carbons (Fsp3) is 0.250. The molecule has 0 fully saturated rings. The SMILES string of the molecule is CC(C)N(Cc1ccccn1)C(=O)c1ccc(N)c(Br)c1. The van der Waals surface area contributed by atoms with Gasteiger partial charge in [-0.25, -0.2) is 0 Å². The second kappa shape index (κ2) is 6.72. The van der Waals surface area contributed by atoms with Crippen LogP contribution in [-0.2, 0) is 6.54 Å². The van der Waals surface area contributed by atoms with Crippen molar-refractivity contribution in [3.63, 3.8) is 0 Å². The van der Waals surface area contributed by atoms with Gasteiger partial charge in [-0.1, -0.05) is 6.07 Å². The van der Waals surface area contributed by atoms with E-state index in [1.54, 1.807) is 29.3 Å². The van der Waals surface area contributed by atoms with Gasteiger partial charge in [0.15, 0.2) is 0 Å². The van der Waals surface area contributed by atoms with Crippen molar-refractivity contribution in [2.45, 2.75) is 26.4 Å². The van der Waals surface area contributed by atoms with E-state index in [1.807, 2.05) is 32.0 Å². The number of aromatic nitrogens is 1. The number of benzene rings is 1. The van der Waals surface area contributed by atoms with Crippen molar-refractivity contribution < 1.29 is 4.79 Å². The van der Waals surface area contributed by atoms with Crippen LogP contribution >= 0.6 is 15.9 Å². The van der Waals surface area contributed by atoms with E-state index in [0.29, 0.717) is 17.8 Å². The Hall–Kier alpha value is -1.88. The average molecular weight is 348 g/mol. The van der Waals surface area contributed by atoms with E-state index < -0.39 is 0 Å². The number of carbonyl (C=O) groups is 1. The first-order valence-corrected chi connectivity index (χ1v) is 7.54. The van der Waals surface area contributed by atoms with Crippen LogP contribution < -0.4 is 5.73 Å². The van der Waals surface area contributed by atoms with Crippen LogP contribution in [0.1, 0.15) is 29.9 Å². The standard InChI is InChI=1S/C16H18BrN3O/c1-11(2)20(10-13-5-3-4-8-19-13)16(21)12-6-7-15(18)14(17)9-12/h3-9,11H,10,18H2,1-2H3. The summed E-state index contributed by atoms with van der Waals surface area (Å²) in [5, 5.41) is 0. The van der Waals surface area contributed by atoms with Crippen LogP contribution in [0.3, 0.4) is 0 Å². The molecule has 0 radical (unpaired) electrons. The normalized spacial score (nSPS) is 10.7. The quantitative estimate of drug-likeness (QED) is 0.861. The molecule has 1 aromatic carbocycles. The number of hydrogen-bond donors (Lipinski definition) is 1. The third-order valence-corrected chi connectivity index (χ3v) is 3.88. The molecular formula is C16H18BrN3O. The van der Waals surface area contributed by atoms with Crippen molar-refractivity contribution >= 4 is 27.5 Å². The Labute approximate surface area is 133 Å². The number of hydrogen-bond acceptors (Lipinski definition) is 3. The molecule has 0 aliphatic rings. The highest BCUT2D eigenvalue weighted by Gasteiger charge is 2.20. The van der Waals surface area contributed by atoms with E-state index >= 15 is 0 Å². The maximum Gasteiger partial charge on any atom is 0.254 e. The zero-order valence-electron chi connectivity index (χ0n) is 12.1. The van der Waals surface area contributed by atoms with E-state index in [9.17, 15) is 4.79 Å². The highest BCUT2D eigenvalue weighted by molar-refractivity contribution is 9.10. The molecule has 0 saturated carbocycles. The maximum atomic E-state index is 12.7. The van der Waals surface area contributed by atoms with Crippen LogP contribution in [0.4, 0.5) is 5.69 Å². The van der Waals surface area contributed by atoms with E-state index in [-0.39, 0.29) is 11.9 Å². The van der Waals surface area contributed by atoms with E-state index in [4.69, 9.17) is 5.73 Å². The second-order valence-corrected chi connectivity index (χ2v) is 5.94. The fourth-order valence-electron chi connectivity index (χ4n) is 1.98. The molecule has 2 rings (SSSR count). The fourth-order valence-corrected chi connectivity index (χ4v) is 2.36. The lowest BCUT2D eigenvalue weighted by Crippen LogP contribution is -2.36. The van der Waals surface area contributed by atoms with Gasteiger partial charge in [0, 0.05) is 28.0 Å². The van der Waals surface area contributed by atoms with E-state index in [0.717, 1.165) is 10.2 Å². The van der Waals surface area contributed by atoms with Crippen LogP contribution in [0.25, 0.3) is 0 Å². The lowest BCUT2D eigenvalue weighted by molar-refractivity contribution is 0.0688. The Morgan fingerprint density at radius 2 is 2.10 bits per heavy atom. The van der Waals surface area contributed by atoms with Crippen molar-refractivity contribution in [1.82, 2.24) is 9.88 Å². The molecule has 0 aliphatic heterocycles. The Morgan fingerprint density at radius 1 is 1.33 bits per heavy atom. The molecule has 0 saturated heterocycles. The first kappa shape index (κ1) is 15.5. The number of halogens is 1. The van der Waals surface area contributed by atoms with Gasteiger partial charge < -0.3 is 10.6 Å². The van der Waals surface area contributed by atoms with Gasteiger partial charge >= 0.3 is 0 Å². The number of nitrogens with two attached hydrogens (primary N) is 1. The minimum absolute atomic E-state index is 0.0312. The molecule has 0 aliphatic carbocycles. The van der Waals surface area contributed by atoms with Gasteiger partial charge in [0.25, 0.3) is 5.91 Å². The molecule has 2 aromatic rings. The number of rotatable bonds is 4. The number of anilines is 1. The highest BCUT2D eigenvalue weighted by Crippen LogP contribution is 2.22. The molecule has 110 valence electrons. The van der Waals surface area contributed by atoms with Crippen molar-refractivity contribution in [3.8, 4) is 0 Å². The minimum atomic E-state index is -0.0312. The van der Waals surface area contributed by atoms with Gasteiger partial charge in [0.2, 0.25) is 0 Å². The van der Waals surface area contributed by atoms with Gasteiger partial charge in [-0.3, -0.25) is 9.78 Å². The van der Waals surface area contributed by atoms with Gasteiger partial charge in [0.05, 0.1) is 12.2 Å². The summed E-state index contributed by atoms with van der Waals surface area (Å²) in [6.45, 7) is 4.47. The molecule has 1 amide bonds. The zero-order chi connectivity index (χ0) is 15.4. The van der Waals surface area contributed by atoms with Crippen LogP contribution in [0, 0.1) is 0 Å². The van der Waals surface area contributed by atoms with E-state index in [1.165, 1.54) is 0 Å². The third kappa shape index (κ3) is 3.82. The molecule has 2 N–H and O–H groups in total. The molecule has 4 nitrogen and oxygen atoms in total. The summed E-state index contributed by atoms with van der Waals surface area (Å²) in [4.78, 5) is 18.8. The summed E-state index contributed by atoms with van der Waals surface area (Å²) in [5.41, 5.74) is 7.87. The van der Waals surface area contributed by atoms with E-state index in [2.05, 4.69) is 20.9 Å². The Bertz CT molecular complexity index is 629. The van der Waals surface area contributed by atoms with Crippen molar-refractivity contribution in [2.24, 2.45) is 0 Å². The number of pyridine rings is 1. The molecule has 21 heavy (non-hydrogen) atoms. The van der Waals surface area contributed by atoms with Gasteiger partial charge in [0.1, 0.15) is 0 Å². The molecule has 0 bridgehead atoms. The van der Waals surface area contributed by atoms with Crippen LogP contribution in [0.15, 0.2) is 47.1 Å². The molecule has 0 spiro atoms. The minimum Gasteiger partial charge on any atom is -0.398 e. The van der Waals surface area contributed by atoms with Crippen molar-refractivity contribution in [1.29, 1.82) is 0 Å². The summed E-state index contributed by atoms with van der Waals surface area (Å²) in [6.07, 6.45) is 1.73. The van der Waals surface area contributed by atoms with Crippen LogP contribution in [0.5, 0.6) is 0 Å². The number of amides is 1. The van der Waals surface area contributed by atoms with Gasteiger partial charge in [-0.15, -0.1) is 0 Å². The molecule has 0 unspecified atom stereocenters. The first-order chi connectivity index (χ1) is 9.99. The first-order valence-electron chi connectivity index (χ1n) is 6.75. The molecule has 1 aromatic heterocycles. The summed E-state index contributed by atoms with van der Waals surface area (Å²) in [5.74, 6) is -0.0312. The lowest BCUT2D eigenvalue weighted by atomic mass is 10.1. The number of nitrogen functional groups attached to an aromatic ring is 1. The second-order valence-electron chi connectivity index (χ2n) is 5.08. The Balaban J connectivity index is 2.25. The largest absolute Gasteiger partial charge is 0.398 e. The Kier molecular flexibility index (Phi) is 4.96. The third-order valence-electron chi connectivity index (χ3n) is 3.19. The number of nitrogens with zero attached hydrogens (tertiary/aromatic N) is 2. The summed E-state index contributed by atoms with van der Waals surface area (Å²) < 4.78 is 0.731. The van der Waals surface area contributed by atoms with Gasteiger partial charge in [-0.2, -0.15) is 0 Å². The lowest BCUT2D eigenvalue weighted by Gasteiger charge is -2.26. The smallest absolute Gasteiger partial charge is 0.254 e.